The SMILES string of the molecule is Cc1cccc(OCCCCn2c(CCCNC(=O)C(C)C)nc3ccccc32)c1C. The molecule has 0 unspecified atom stereocenters. The Bertz CT molecular complexity index is 1010. The number of aryl methyl sites for hydroxylation is 3. The summed E-state index contributed by atoms with van der Waals surface area (Å²) in [6.07, 6.45) is 3.76. The van der Waals surface area contributed by atoms with Crippen molar-refractivity contribution in [2.75, 3.05) is 13.2 Å². The summed E-state index contributed by atoms with van der Waals surface area (Å²) in [5, 5.41) is 3.00. The molecule has 166 valence electrons. The highest BCUT2D eigenvalue weighted by Gasteiger charge is 2.11. The smallest absolute Gasteiger partial charge is 0.222 e. The number of benzene rings is 2. The fourth-order valence-corrected chi connectivity index (χ4v) is 3.66. The van der Waals surface area contributed by atoms with Crippen LogP contribution in [0.25, 0.3) is 11.0 Å². The molecule has 0 saturated heterocycles. The Kier molecular flexibility index (Phi) is 8.10. The number of nitrogens with one attached hydrogen (secondary N) is 1. The molecule has 0 spiro atoms. The number of nitrogens with zero attached hydrogens (tertiary/aromatic N) is 2. The lowest BCUT2D eigenvalue weighted by molar-refractivity contribution is -0.123. The molecule has 1 amide bonds. The summed E-state index contributed by atoms with van der Waals surface area (Å²) >= 11 is 0. The molecule has 1 N–H and O–H groups in total. The Morgan fingerprint density at radius 3 is 2.68 bits per heavy atom. The molecule has 0 aliphatic heterocycles. The first-order chi connectivity index (χ1) is 15.0. The number of amides is 1. The number of hydrogen-bond acceptors (Lipinski definition) is 3. The molecule has 1 heterocycles. The molecule has 31 heavy (non-hydrogen) atoms. The van der Waals surface area contributed by atoms with Gasteiger partial charge < -0.3 is 14.6 Å². The average molecular weight is 422 g/mol. The summed E-state index contributed by atoms with van der Waals surface area (Å²) in [7, 11) is 0. The summed E-state index contributed by atoms with van der Waals surface area (Å²) in [6.45, 7) is 10.4. The van der Waals surface area contributed by atoms with E-state index in [1.165, 1.54) is 16.6 Å². The molecule has 5 nitrogen and oxygen atoms in total. The third-order valence-corrected chi connectivity index (χ3v) is 5.72. The molecule has 5 heteroatoms. The number of fused-ring (bicyclic) bond motifs is 1. The lowest BCUT2D eigenvalue weighted by atomic mass is 10.1. The average Bonchev–Trinajstić information content (AvgIpc) is 3.11. The Hall–Kier alpha value is -2.82. The van der Waals surface area contributed by atoms with Crippen LogP contribution < -0.4 is 10.1 Å². The first kappa shape index (κ1) is 22.9. The van der Waals surface area contributed by atoms with E-state index >= 15 is 0 Å². The number of carbonyl (C=O) groups is 1. The van der Waals surface area contributed by atoms with E-state index in [1.54, 1.807) is 0 Å². The molecule has 3 aromatic rings. The zero-order chi connectivity index (χ0) is 22.2. The highest BCUT2D eigenvalue weighted by atomic mass is 16.5. The molecule has 0 bridgehead atoms. The minimum absolute atomic E-state index is 0.0235. The molecule has 1 aromatic heterocycles. The standard InChI is InChI=1S/C26H35N3O2/c1-19(2)26(30)27-16-10-15-25-28-22-12-5-6-13-23(22)29(25)17-7-8-18-31-24-14-9-11-20(3)21(24)4/h5-6,9,11-14,19H,7-8,10,15-18H2,1-4H3,(H,27,30). The summed E-state index contributed by atoms with van der Waals surface area (Å²) in [5.41, 5.74) is 4.70. The Morgan fingerprint density at radius 1 is 1.06 bits per heavy atom. The van der Waals surface area contributed by atoms with Crippen molar-refractivity contribution in [3.05, 3.63) is 59.4 Å². The van der Waals surface area contributed by atoms with E-state index in [0.29, 0.717) is 13.2 Å². The summed E-state index contributed by atoms with van der Waals surface area (Å²) in [4.78, 5) is 16.6. The highest BCUT2D eigenvalue weighted by molar-refractivity contribution is 5.77. The van der Waals surface area contributed by atoms with Crippen molar-refractivity contribution >= 4 is 16.9 Å². The van der Waals surface area contributed by atoms with E-state index in [-0.39, 0.29) is 11.8 Å². The summed E-state index contributed by atoms with van der Waals surface area (Å²) in [6, 6.07) is 14.5. The zero-order valence-corrected chi connectivity index (χ0v) is 19.3. The van der Waals surface area contributed by atoms with Gasteiger partial charge in [-0.3, -0.25) is 4.79 Å². The molecule has 0 aliphatic rings. The number of ether oxygens (including phenoxy) is 1. The van der Waals surface area contributed by atoms with Gasteiger partial charge in [-0.25, -0.2) is 4.98 Å². The molecular weight excluding hydrogens is 386 g/mol. The van der Waals surface area contributed by atoms with Gasteiger partial charge in [-0.2, -0.15) is 0 Å². The van der Waals surface area contributed by atoms with Gasteiger partial charge in [0.25, 0.3) is 0 Å². The van der Waals surface area contributed by atoms with Crippen LogP contribution in [0.4, 0.5) is 0 Å². The minimum Gasteiger partial charge on any atom is -0.493 e. The molecule has 0 atom stereocenters. The molecule has 0 fully saturated rings. The van der Waals surface area contributed by atoms with E-state index in [1.807, 2.05) is 32.0 Å². The van der Waals surface area contributed by atoms with E-state index in [9.17, 15) is 4.79 Å². The van der Waals surface area contributed by atoms with Crippen molar-refractivity contribution in [3.63, 3.8) is 0 Å². The van der Waals surface area contributed by atoms with Crippen molar-refractivity contribution in [2.45, 2.75) is 59.9 Å². The molecular formula is C26H35N3O2. The number of carbonyl (C=O) groups excluding carboxylic acids is 1. The van der Waals surface area contributed by atoms with Gasteiger partial charge in [0.15, 0.2) is 0 Å². The maximum atomic E-state index is 11.8. The third-order valence-electron chi connectivity index (χ3n) is 5.72. The second-order valence-corrected chi connectivity index (χ2v) is 8.47. The Labute approximate surface area is 185 Å². The highest BCUT2D eigenvalue weighted by Crippen LogP contribution is 2.21. The van der Waals surface area contributed by atoms with Crippen LogP contribution in [0.5, 0.6) is 5.75 Å². The molecule has 0 saturated carbocycles. The second-order valence-electron chi connectivity index (χ2n) is 8.47. The maximum Gasteiger partial charge on any atom is 0.222 e. The Morgan fingerprint density at radius 2 is 1.87 bits per heavy atom. The maximum absolute atomic E-state index is 11.8. The lowest BCUT2D eigenvalue weighted by Crippen LogP contribution is -2.28. The number of unbranched alkanes of at least 4 members (excludes halogenated alkanes) is 1. The van der Waals surface area contributed by atoms with Crippen LogP contribution in [0.2, 0.25) is 0 Å². The van der Waals surface area contributed by atoms with Gasteiger partial charge in [0.1, 0.15) is 11.6 Å². The van der Waals surface area contributed by atoms with E-state index in [4.69, 9.17) is 9.72 Å². The molecule has 0 radical (unpaired) electrons. The van der Waals surface area contributed by atoms with Gasteiger partial charge in [-0.05, 0) is 62.4 Å². The number of para-hydroxylation sites is 2. The van der Waals surface area contributed by atoms with Gasteiger partial charge in [-0.15, -0.1) is 0 Å². The monoisotopic (exact) mass is 421 g/mol. The number of rotatable bonds is 11. The van der Waals surface area contributed by atoms with Gasteiger partial charge in [0, 0.05) is 25.4 Å². The van der Waals surface area contributed by atoms with Crippen LogP contribution in [0.15, 0.2) is 42.5 Å². The van der Waals surface area contributed by atoms with Crippen molar-refractivity contribution in [1.29, 1.82) is 0 Å². The van der Waals surface area contributed by atoms with Crippen LogP contribution in [-0.2, 0) is 17.8 Å². The van der Waals surface area contributed by atoms with Gasteiger partial charge in [0.2, 0.25) is 5.91 Å². The number of hydrogen-bond donors (Lipinski definition) is 1. The van der Waals surface area contributed by atoms with Gasteiger partial charge in [-0.1, -0.05) is 38.1 Å². The lowest BCUT2D eigenvalue weighted by Gasteiger charge is -2.12. The van der Waals surface area contributed by atoms with E-state index in [0.717, 1.165) is 49.3 Å². The Balaban J connectivity index is 1.54. The molecule has 2 aromatic carbocycles. The summed E-state index contributed by atoms with van der Waals surface area (Å²) in [5.74, 6) is 2.21. The minimum atomic E-state index is 0.0235. The fourth-order valence-electron chi connectivity index (χ4n) is 3.66. The van der Waals surface area contributed by atoms with Crippen molar-refractivity contribution in [1.82, 2.24) is 14.9 Å². The van der Waals surface area contributed by atoms with Crippen LogP contribution in [0.1, 0.15) is 50.1 Å². The first-order valence-electron chi connectivity index (χ1n) is 11.4. The van der Waals surface area contributed by atoms with E-state index in [2.05, 4.69) is 48.0 Å². The van der Waals surface area contributed by atoms with Gasteiger partial charge >= 0.3 is 0 Å². The predicted molar refractivity (Wildman–Crippen MR) is 127 cm³/mol. The van der Waals surface area contributed by atoms with Crippen LogP contribution in [0.3, 0.4) is 0 Å². The van der Waals surface area contributed by atoms with Crippen molar-refractivity contribution < 1.29 is 9.53 Å². The van der Waals surface area contributed by atoms with E-state index < -0.39 is 0 Å². The van der Waals surface area contributed by atoms with Gasteiger partial charge in [0.05, 0.1) is 17.6 Å². The fraction of sp³-hybridized carbons (Fsp3) is 0.462. The third kappa shape index (κ3) is 6.09. The topological polar surface area (TPSA) is 56.1 Å². The second kappa shape index (κ2) is 11.0. The first-order valence-corrected chi connectivity index (χ1v) is 11.4. The predicted octanol–water partition coefficient (Wildman–Crippen LogP) is 5.22. The summed E-state index contributed by atoms with van der Waals surface area (Å²) < 4.78 is 8.34. The quantitative estimate of drug-likeness (QED) is 0.432. The van der Waals surface area contributed by atoms with Crippen LogP contribution >= 0.6 is 0 Å². The largest absolute Gasteiger partial charge is 0.493 e. The number of imidazole rings is 1. The normalized spacial score (nSPS) is 11.3. The zero-order valence-electron chi connectivity index (χ0n) is 19.3. The molecule has 3 rings (SSSR count). The van der Waals surface area contributed by atoms with Crippen molar-refractivity contribution in [2.24, 2.45) is 5.92 Å². The van der Waals surface area contributed by atoms with Crippen LogP contribution in [-0.4, -0.2) is 28.6 Å². The van der Waals surface area contributed by atoms with Crippen molar-refractivity contribution in [3.8, 4) is 5.75 Å². The number of aromatic nitrogens is 2. The van der Waals surface area contributed by atoms with Crippen LogP contribution in [0, 0.1) is 19.8 Å². The molecule has 0 aliphatic carbocycles.